The molecule has 0 radical (unpaired) electrons. The third-order valence-electron chi connectivity index (χ3n) is 12.3. The monoisotopic (exact) mass is 778 g/mol. The van der Waals surface area contributed by atoms with Crippen molar-refractivity contribution in [3.8, 4) is 45.3 Å². The molecule has 0 atom stereocenters. The molecule has 13 aromatic rings. The van der Waals surface area contributed by atoms with Gasteiger partial charge in [-0.3, -0.25) is 0 Å². The molecule has 0 bridgehead atoms. The Hall–Kier alpha value is -8.28. The molecule has 9 aromatic carbocycles. The van der Waals surface area contributed by atoms with Gasteiger partial charge in [-0.2, -0.15) is 0 Å². The van der Waals surface area contributed by atoms with Crippen molar-refractivity contribution < 1.29 is 4.42 Å². The molecule has 13 rings (SSSR count). The van der Waals surface area contributed by atoms with Crippen LogP contribution in [0.3, 0.4) is 0 Å². The van der Waals surface area contributed by atoms with Crippen molar-refractivity contribution in [3.63, 3.8) is 0 Å². The summed E-state index contributed by atoms with van der Waals surface area (Å²) in [6.07, 6.45) is 0. The van der Waals surface area contributed by atoms with Gasteiger partial charge in [0, 0.05) is 60.4 Å². The molecule has 5 nitrogen and oxygen atoms in total. The van der Waals surface area contributed by atoms with E-state index in [-0.39, 0.29) is 0 Å². The first kappa shape index (κ1) is 33.7. The second-order valence-electron chi connectivity index (χ2n) is 15.7. The normalized spacial score (nSPS) is 11.9. The van der Waals surface area contributed by atoms with E-state index in [4.69, 9.17) is 14.4 Å². The fourth-order valence-electron chi connectivity index (χ4n) is 9.59. The van der Waals surface area contributed by atoms with Crippen molar-refractivity contribution >= 4 is 76.3 Å². The Morgan fingerprint density at radius 3 is 1.67 bits per heavy atom. The molecule has 0 fully saturated rings. The fraction of sp³-hybridized carbons (Fsp3) is 0. The molecule has 4 heterocycles. The van der Waals surface area contributed by atoms with Gasteiger partial charge in [-0.05, 0) is 65.4 Å². The van der Waals surface area contributed by atoms with E-state index in [1.54, 1.807) is 0 Å². The molecule has 0 aliphatic rings. The van der Waals surface area contributed by atoms with Crippen LogP contribution >= 0.6 is 0 Å². The lowest BCUT2D eigenvalue weighted by atomic mass is 10.0. The summed E-state index contributed by atoms with van der Waals surface area (Å²) >= 11 is 0. The molecule has 0 unspecified atom stereocenters. The van der Waals surface area contributed by atoms with Crippen LogP contribution in [0.15, 0.2) is 211 Å². The average molecular weight is 779 g/mol. The average Bonchev–Trinajstić information content (AvgIpc) is 4.00. The summed E-state index contributed by atoms with van der Waals surface area (Å²) in [5.41, 5.74) is 13.2. The van der Waals surface area contributed by atoms with Crippen molar-refractivity contribution in [2.24, 2.45) is 0 Å². The van der Waals surface area contributed by atoms with Crippen LogP contribution < -0.4 is 0 Å². The lowest BCUT2D eigenvalue weighted by molar-refractivity contribution is 0.671. The number of aromatic nitrogens is 4. The standard InChI is InChI=1S/C56H34N4O/c1-3-16-37(17-4-1)56-57-45(34-46(58-56)39-28-27-35-15-7-8-18-38(35)33-39)36-29-31-41(32-30-36)59-47-24-12-9-21-42(47)50-51-44-23-11-14-26-49(44)61-55(51)54-52(53(50)59)43-22-10-13-25-48(43)60(54)40-19-5-2-6-20-40/h1-34H. The Bertz CT molecular complexity index is 3860. The van der Waals surface area contributed by atoms with Gasteiger partial charge < -0.3 is 13.6 Å². The SMILES string of the molecule is c1ccc(-c2nc(-c3ccc(-n4c5ccccc5c5c6c7ccccc7oc6c6c(c7ccccc7n6-c6ccccc6)c54)cc3)cc(-c3ccc4ccccc4c3)n2)cc1. The number of fused-ring (bicyclic) bond motifs is 13. The number of hydrogen-bond donors (Lipinski definition) is 0. The van der Waals surface area contributed by atoms with Crippen molar-refractivity contribution in [1.29, 1.82) is 0 Å². The smallest absolute Gasteiger partial charge is 0.160 e. The van der Waals surface area contributed by atoms with E-state index < -0.39 is 0 Å². The van der Waals surface area contributed by atoms with E-state index >= 15 is 0 Å². The molecule has 5 heteroatoms. The summed E-state index contributed by atoms with van der Waals surface area (Å²) in [5, 5.41) is 9.31. The third-order valence-corrected chi connectivity index (χ3v) is 12.3. The van der Waals surface area contributed by atoms with Gasteiger partial charge in [0.25, 0.3) is 0 Å². The predicted octanol–water partition coefficient (Wildman–Crippen LogP) is 14.7. The number of rotatable bonds is 5. The van der Waals surface area contributed by atoms with Gasteiger partial charge in [0.1, 0.15) is 5.58 Å². The Morgan fingerprint density at radius 2 is 0.918 bits per heavy atom. The number of nitrogens with zero attached hydrogens (tertiary/aromatic N) is 4. The minimum atomic E-state index is 0.696. The summed E-state index contributed by atoms with van der Waals surface area (Å²) in [7, 11) is 0. The van der Waals surface area contributed by atoms with Gasteiger partial charge in [-0.1, -0.05) is 152 Å². The van der Waals surface area contributed by atoms with E-state index in [2.05, 4.69) is 197 Å². The minimum Gasteiger partial charge on any atom is -0.454 e. The molecular formula is C56H34N4O. The third kappa shape index (κ3) is 5.08. The van der Waals surface area contributed by atoms with Gasteiger partial charge >= 0.3 is 0 Å². The van der Waals surface area contributed by atoms with E-state index in [9.17, 15) is 0 Å². The summed E-state index contributed by atoms with van der Waals surface area (Å²) < 4.78 is 11.8. The zero-order chi connectivity index (χ0) is 40.0. The molecule has 61 heavy (non-hydrogen) atoms. The maximum absolute atomic E-state index is 6.96. The number of hydrogen-bond acceptors (Lipinski definition) is 3. The highest BCUT2D eigenvalue weighted by Gasteiger charge is 2.27. The van der Waals surface area contributed by atoms with E-state index in [0.717, 1.165) is 88.8 Å². The van der Waals surface area contributed by atoms with Crippen LogP contribution in [0.25, 0.3) is 122 Å². The van der Waals surface area contributed by atoms with Crippen molar-refractivity contribution in [2.75, 3.05) is 0 Å². The highest BCUT2D eigenvalue weighted by molar-refractivity contribution is 6.39. The van der Waals surface area contributed by atoms with Gasteiger partial charge in [-0.15, -0.1) is 0 Å². The maximum atomic E-state index is 6.96. The zero-order valence-electron chi connectivity index (χ0n) is 32.8. The second kappa shape index (κ2) is 13.1. The van der Waals surface area contributed by atoms with Gasteiger partial charge in [0.2, 0.25) is 0 Å². The molecule has 0 saturated heterocycles. The first-order valence-corrected chi connectivity index (χ1v) is 20.7. The Labute approximate surface area is 350 Å². The van der Waals surface area contributed by atoms with Gasteiger partial charge in [-0.25, -0.2) is 9.97 Å². The lowest BCUT2D eigenvalue weighted by Crippen LogP contribution is -1.97. The summed E-state index contributed by atoms with van der Waals surface area (Å²) in [6, 6.07) is 72.9. The highest BCUT2D eigenvalue weighted by atomic mass is 16.3. The van der Waals surface area contributed by atoms with Crippen LogP contribution in [0.2, 0.25) is 0 Å². The quantitative estimate of drug-likeness (QED) is 0.175. The highest BCUT2D eigenvalue weighted by Crippen LogP contribution is 2.49. The summed E-state index contributed by atoms with van der Waals surface area (Å²) in [6.45, 7) is 0. The number of benzene rings is 9. The second-order valence-corrected chi connectivity index (χ2v) is 15.7. The topological polar surface area (TPSA) is 48.8 Å². The largest absolute Gasteiger partial charge is 0.454 e. The van der Waals surface area contributed by atoms with Crippen molar-refractivity contribution in [1.82, 2.24) is 19.1 Å². The Morgan fingerprint density at radius 1 is 0.361 bits per heavy atom. The molecule has 4 aromatic heterocycles. The molecule has 0 aliphatic heterocycles. The molecule has 0 amide bonds. The lowest BCUT2D eigenvalue weighted by Gasteiger charge is -2.13. The van der Waals surface area contributed by atoms with E-state index in [0.29, 0.717) is 5.82 Å². The first-order chi connectivity index (χ1) is 30.3. The number of furan rings is 1. The van der Waals surface area contributed by atoms with Crippen LogP contribution in [0.1, 0.15) is 0 Å². The van der Waals surface area contributed by atoms with Crippen LogP contribution in [0.5, 0.6) is 0 Å². The molecule has 0 aliphatic carbocycles. The molecular weight excluding hydrogens is 745 g/mol. The summed E-state index contributed by atoms with van der Waals surface area (Å²) in [5.74, 6) is 0.696. The molecule has 0 N–H and O–H groups in total. The minimum absolute atomic E-state index is 0.696. The van der Waals surface area contributed by atoms with E-state index in [1.165, 1.54) is 26.9 Å². The molecule has 0 spiro atoms. The molecule has 284 valence electrons. The predicted molar refractivity (Wildman–Crippen MR) is 252 cm³/mol. The number of para-hydroxylation sites is 4. The van der Waals surface area contributed by atoms with E-state index in [1.807, 2.05) is 18.2 Å². The molecule has 0 saturated carbocycles. The fourth-order valence-corrected chi connectivity index (χ4v) is 9.59. The van der Waals surface area contributed by atoms with Crippen LogP contribution in [0.4, 0.5) is 0 Å². The Balaban J connectivity index is 1.08. The van der Waals surface area contributed by atoms with Crippen LogP contribution in [-0.4, -0.2) is 19.1 Å². The van der Waals surface area contributed by atoms with Crippen molar-refractivity contribution in [2.45, 2.75) is 0 Å². The Kier molecular flexibility index (Phi) is 7.24. The summed E-state index contributed by atoms with van der Waals surface area (Å²) in [4.78, 5) is 10.3. The maximum Gasteiger partial charge on any atom is 0.160 e. The van der Waals surface area contributed by atoms with Crippen molar-refractivity contribution in [3.05, 3.63) is 206 Å². The van der Waals surface area contributed by atoms with Gasteiger partial charge in [0.15, 0.2) is 11.4 Å². The first-order valence-electron chi connectivity index (χ1n) is 20.7. The van der Waals surface area contributed by atoms with Gasteiger partial charge in [0.05, 0.1) is 33.5 Å². The van der Waals surface area contributed by atoms with Crippen LogP contribution in [0, 0.1) is 0 Å². The zero-order valence-corrected chi connectivity index (χ0v) is 32.8. The van der Waals surface area contributed by atoms with Crippen LogP contribution in [-0.2, 0) is 0 Å².